The zero-order chi connectivity index (χ0) is 94.6. The predicted molar refractivity (Wildman–Crippen MR) is 460 cm³/mol. The number of amides is 16. The Morgan fingerprint density at radius 3 is 1.64 bits per heavy atom. The van der Waals surface area contributed by atoms with Gasteiger partial charge in [-0.15, -0.1) is 0 Å². The maximum atomic E-state index is 15.1. The second kappa shape index (κ2) is 55.9. The summed E-state index contributed by atoms with van der Waals surface area (Å²) >= 11 is 0. The molecule has 0 spiro atoms. The molecule has 0 aliphatic carbocycles. The summed E-state index contributed by atoms with van der Waals surface area (Å²) in [6.07, 6.45) is -3.08. The van der Waals surface area contributed by atoms with Crippen molar-refractivity contribution in [2.24, 2.45) is 46.6 Å². The molecule has 48 heteroatoms. The molecule has 700 valence electrons. The van der Waals surface area contributed by atoms with E-state index >= 15 is 9.59 Å². The number of hydrogen-bond acceptors (Lipinski definition) is 26. The van der Waals surface area contributed by atoms with E-state index in [1.165, 1.54) is 39.8 Å². The fraction of sp³-hybridized carbons (Fsp3) is 0.590. The van der Waals surface area contributed by atoms with Crippen molar-refractivity contribution in [3.63, 3.8) is 0 Å². The van der Waals surface area contributed by atoms with Crippen LogP contribution in [-0.2, 0) is 99.1 Å². The molecule has 126 heavy (non-hydrogen) atoms. The first-order valence-corrected chi connectivity index (χ1v) is 43.3. The summed E-state index contributed by atoms with van der Waals surface area (Å²) in [5.74, 6) is -25.2. The van der Waals surface area contributed by atoms with Crippen LogP contribution >= 0.6 is 21.6 Å². The van der Waals surface area contributed by atoms with E-state index in [4.69, 9.17) is 33.8 Å². The van der Waals surface area contributed by atoms with Crippen molar-refractivity contribution in [3.05, 3.63) is 65.7 Å². The van der Waals surface area contributed by atoms with Crippen LogP contribution in [-0.4, -0.2) is 279 Å². The highest BCUT2D eigenvalue weighted by atomic mass is 33.1. The molecule has 15 atom stereocenters. The van der Waals surface area contributed by atoms with E-state index in [-0.39, 0.29) is 69.7 Å². The Morgan fingerprint density at radius 1 is 0.532 bits per heavy atom. The molecule has 1 aliphatic rings. The fourth-order valence-electron chi connectivity index (χ4n) is 12.2. The number of aliphatic hydroxyl groups excluding tert-OH is 2. The summed E-state index contributed by atoms with van der Waals surface area (Å²) in [6, 6.07) is -9.07. The first-order chi connectivity index (χ1) is 59.4. The van der Waals surface area contributed by atoms with Gasteiger partial charge in [-0.3, -0.25) is 92.3 Å². The number of primary amides is 1. The third-order valence-electron chi connectivity index (χ3n) is 19.4. The molecule has 0 bridgehead atoms. The molecule has 16 amide bonds. The van der Waals surface area contributed by atoms with Gasteiger partial charge in [-0.1, -0.05) is 126 Å². The topological polar surface area (TPSA) is 765 Å². The lowest BCUT2D eigenvalue weighted by molar-refractivity contribution is -0.142. The quantitative estimate of drug-likeness (QED) is 0.0127. The molecule has 1 fully saturated rings. The van der Waals surface area contributed by atoms with Crippen molar-refractivity contribution < 1.29 is 112 Å². The molecule has 46 nitrogen and oxygen atoms in total. The lowest BCUT2D eigenvalue weighted by Gasteiger charge is -2.31. The normalized spacial score (nSPS) is 19.7. The van der Waals surface area contributed by atoms with Gasteiger partial charge in [0.1, 0.15) is 84.3 Å². The van der Waals surface area contributed by atoms with Gasteiger partial charge < -0.3 is 139 Å². The maximum absolute atomic E-state index is 15.1. The molecule has 2 aromatic carbocycles. The number of benzene rings is 2. The highest BCUT2D eigenvalue weighted by Crippen LogP contribution is 2.25. The SMILES string of the molecule is CC[C@H](C)[C@H](NC(=O)[C@H](CCCNC(=N)N)NC(=O)[C@H](CC(C)C)NC(=O)[C@@H](N)Cc1ccc(O)cc1)C(=O)N[C@H](C(=O)N[C@@H](CCC(N)=O)C(=O)N[C@H]1CSSC[C@@H](C(=O)NCC(=O)N[C@@H](Cc2ccccc2)C(=O)O)NC(=O)[C@H](CO)NC(=O)CNC(=O)[C@H](CCC(=O)O)NC(=O)[C@H](C(C)C)NC(=O)[C@H](CO)NC(=O)[C@H](CCCNC(=N)N)NC1=O)C(C)C. The number of phenols is 1. The third kappa shape index (κ3) is 40.2. The average molecular weight is 1820 g/mol. The molecule has 1 saturated heterocycles. The van der Waals surface area contributed by atoms with Crippen LogP contribution in [0.25, 0.3) is 0 Å². The number of aliphatic hydroxyl groups is 2. The molecule has 0 aromatic heterocycles. The Labute approximate surface area is 735 Å². The monoisotopic (exact) mass is 1810 g/mol. The van der Waals surface area contributed by atoms with E-state index in [1.807, 2.05) is 0 Å². The Bertz CT molecular complexity index is 4080. The summed E-state index contributed by atoms with van der Waals surface area (Å²) in [6.45, 7) is 8.28. The zero-order valence-electron chi connectivity index (χ0n) is 71.4. The van der Waals surface area contributed by atoms with Gasteiger partial charge in [0, 0.05) is 43.9 Å². The Kier molecular flexibility index (Phi) is 47.9. The number of aromatic hydroxyl groups is 1. The van der Waals surface area contributed by atoms with E-state index in [0.29, 0.717) is 32.7 Å². The van der Waals surface area contributed by atoms with Crippen molar-refractivity contribution >= 4 is 140 Å². The number of carbonyl (C=O) groups excluding carboxylic acids is 16. The third-order valence-corrected chi connectivity index (χ3v) is 21.8. The van der Waals surface area contributed by atoms with Crippen molar-refractivity contribution in [1.29, 1.82) is 10.8 Å². The van der Waals surface area contributed by atoms with Crippen LogP contribution in [0.1, 0.15) is 131 Å². The van der Waals surface area contributed by atoms with Gasteiger partial charge >= 0.3 is 11.9 Å². The van der Waals surface area contributed by atoms with Gasteiger partial charge in [-0.25, -0.2) is 4.79 Å². The number of nitrogens with one attached hydrogen (secondary N) is 19. The number of nitrogens with two attached hydrogens (primary N) is 4. The molecule has 32 N–H and O–H groups in total. The molecule has 0 saturated carbocycles. The number of carbonyl (C=O) groups is 18. The van der Waals surface area contributed by atoms with Crippen LogP contribution in [0.15, 0.2) is 54.6 Å². The van der Waals surface area contributed by atoms with Gasteiger partial charge in [0.05, 0.1) is 32.3 Å². The highest BCUT2D eigenvalue weighted by molar-refractivity contribution is 8.76. The Morgan fingerprint density at radius 2 is 1.06 bits per heavy atom. The highest BCUT2D eigenvalue weighted by Gasteiger charge is 2.40. The first-order valence-electron chi connectivity index (χ1n) is 40.8. The number of carboxylic acid groups (broad SMARTS) is 2. The van der Waals surface area contributed by atoms with Crippen LogP contribution in [0.4, 0.5) is 0 Å². The lowest BCUT2D eigenvalue weighted by atomic mass is 9.95. The average Bonchev–Trinajstić information content (AvgIpc) is 0.834. The summed E-state index contributed by atoms with van der Waals surface area (Å²) < 4.78 is 0. The van der Waals surface area contributed by atoms with E-state index in [0.717, 1.165) is 0 Å². The number of guanidine groups is 2. The number of rotatable bonds is 43. The minimum Gasteiger partial charge on any atom is -0.508 e. The second-order valence-corrected chi connectivity index (χ2v) is 33.5. The van der Waals surface area contributed by atoms with Crippen molar-refractivity contribution in [1.82, 2.24) is 90.4 Å². The molecule has 0 radical (unpaired) electrons. The molecule has 2 aromatic rings. The van der Waals surface area contributed by atoms with Crippen molar-refractivity contribution in [2.75, 3.05) is 50.9 Å². The smallest absolute Gasteiger partial charge is 0.326 e. The zero-order valence-corrected chi connectivity index (χ0v) is 73.1. The number of hydrogen-bond donors (Lipinski definition) is 28. The van der Waals surface area contributed by atoms with Crippen molar-refractivity contribution in [2.45, 2.75) is 217 Å². The molecule has 3 rings (SSSR count). The molecule has 1 heterocycles. The Balaban J connectivity index is 2.22. The minimum absolute atomic E-state index is 0.0164. The van der Waals surface area contributed by atoms with E-state index in [1.54, 1.807) is 70.2 Å². The second-order valence-electron chi connectivity index (χ2n) is 31.0. The predicted octanol–water partition coefficient (Wildman–Crippen LogP) is -7.44. The fourth-order valence-corrected chi connectivity index (χ4v) is 14.5. The summed E-state index contributed by atoms with van der Waals surface area (Å²) in [5, 5.41) is 107. The van der Waals surface area contributed by atoms with Crippen LogP contribution in [0.2, 0.25) is 0 Å². The minimum atomic E-state index is -1.96. The lowest BCUT2D eigenvalue weighted by Crippen LogP contribution is -2.62. The number of aliphatic carboxylic acids is 2. The standard InChI is InChI=1S/C78H123N23O23S2/c1-9-41(8)62(101-68(115)47(18-14-28-86-78(83)84)91-69(116)50(29-38(2)3)95-63(110)45(79)30-43-19-21-44(104)22-20-43)75(122)100-61(40(6)7)74(121)94-49(23-25-56(80)105)67(114)98-55-37-126-125-36-54(65(112)88-32-57(106)89-51(76(123)124)31-42-15-11-10-12-16-42)97-70(117)52(34-102)90-58(107)33-87-64(111)48(24-26-59(108)109)93-73(120)60(39(4)5)99-71(118)53(35-103)96-66(113)46(92-72(55)119)17-13-27-85-77(81)82/h10-12,15-16,19-22,38-41,45-55,60-62,102-104H,9,13-14,17-18,23-37,79H2,1-8H3,(H2,80,105)(H,87,111)(H,88,112)(H,89,106)(H,90,107)(H,91,116)(H,92,119)(H,93,120)(H,94,121)(H,95,110)(H,96,113)(H,97,117)(H,98,114)(H,99,118)(H,100,122)(H,101,115)(H,108,109)(H,123,124)(H4,81,82,85)(H4,83,84,86)/t41-,45-,46-,47-,48-,49-,50-,51-,52-,53-,54-,55-,60-,61-,62-/m0/s1. The van der Waals surface area contributed by atoms with Gasteiger partial charge in [-0.05, 0) is 98.3 Å². The van der Waals surface area contributed by atoms with Gasteiger partial charge in [-0.2, -0.15) is 0 Å². The van der Waals surface area contributed by atoms with Crippen LogP contribution in [0.5, 0.6) is 5.75 Å². The van der Waals surface area contributed by atoms with Gasteiger partial charge in [0.25, 0.3) is 0 Å². The first kappa shape index (κ1) is 108. The molecule has 1 aliphatic heterocycles. The molecular weight excluding hydrogens is 1690 g/mol. The summed E-state index contributed by atoms with van der Waals surface area (Å²) in [7, 11) is 1.34. The maximum Gasteiger partial charge on any atom is 0.326 e. The molecular formula is C78H123N23O23S2. The summed E-state index contributed by atoms with van der Waals surface area (Å²) in [4.78, 5) is 251. The Hall–Kier alpha value is -12.2. The molecule has 0 unspecified atom stereocenters. The van der Waals surface area contributed by atoms with Gasteiger partial charge in [0.2, 0.25) is 94.5 Å². The van der Waals surface area contributed by atoms with E-state index in [2.05, 4.69) is 90.4 Å². The largest absolute Gasteiger partial charge is 0.508 e. The number of phenolic OH excluding ortho intramolecular Hbond substituents is 1. The van der Waals surface area contributed by atoms with E-state index < -0.39 is 291 Å². The number of carboxylic acids is 2. The van der Waals surface area contributed by atoms with E-state index in [9.17, 15) is 102 Å². The van der Waals surface area contributed by atoms with Crippen LogP contribution < -0.4 is 113 Å². The van der Waals surface area contributed by atoms with Crippen LogP contribution in [0.3, 0.4) is 0 Å². The van der Waals surface area contributed by atoms with Crippen molar-refractivity contribution in [3.8, 4) is 5.75 Å². The van der Waals surface area contributed by atoms with Crippen LogP contribution in [0, 0.1) is 34.5 Å². The summed E-state index contributed by atoms with van der Waals surface area (Å²) in [5.41, 5.74) is 24.1. The van der Waals surface area contributed by atoms with Gasteiger partial charge in [0.15, 0.2) is 11.9 Å².